The zero-order chi connectivity index (χ0) is 25.0. The van der Waals surface area contributed by atoms with E-state index < -0.39 is 19.1 Å². The number of aromatic hydroxyl groups is 2. The van der Waals surface area contributed by atoms with Gasteiger partial charge in [0.2, 0.25) is 0 Å². The number of rotatable bonds is 16. The van der Waals surface area contributed by atoms with E-state index in [2.05, 4.69) is 0 Å². The lowest BCUT2D eigenvalue weighted by Crippen LogP contribution is -2.34. The molecule has 2 rings (SSSR count). The second-order valence-electron chi connectivity index (χ2n) is 8.24. The first-order valence-electron chi connectivity index (χ1n) is 11.0. The van der Waals surface area contributed by atoms with Crippen molar-refractivity contribution in [1.82, 2.24) is 0 Å². The van der Waals surface area contributed by atoms with Gasteiger partial charge < -0.3 is 19.3 Å². The molecule has 0 aromatic heterocycles. The van der Waals surface area contributed by atoms with Gasteiger partial charge in [-0.2, -0.15) is 0 Å². The van der Waals surface area contributed by atoms with Crippen molar-refractivity contribution >= 4 is 54.7 Å². The third kappa shape index (κ3) is 8.20. The normalized spacial score (nSPS) is 12.4. The molecule has 10 heteroatoms. The Kier molecular flexibility index (Phi) is 12.9. The van der Waals surface area contributed by atoms with Crippen LogP contribution in [0.4, 0.5) is 0 Å². The van der Waals surface area contributed by atoms with E-state index in [1.165, 1.54) is 0 Å². The van der Waals surface area contributed by atoms with Gasteiger partial charge in [-0.15, -0.1) is 46.4 Å². The number of phenols is 2. The molecule has 0 bridgehead atoms. The van der Waals surface area contributed by atoms with Crippen molar-refractivity contribution < 1.29 is 23.8 Å². The standard InChI is InChI=1S/C24H31Cl4O5P/c25-13-9-23(10-14-26,19-1-5-21(29)6-2-19)17-32-34(31)33-18-24(11-15-27,12-16-28)20-3-7-22(30)8-4-20/h1-8,29-30,34H,9-18H2. The van der Waals surface area contributed by atoms with E-state index in [-0.39, 0.29) is 24.7 Å². The van der Waals surface area contributed by atoms with E-state index in [0.29, 0.717) is 49.2 Å². The van der Waals surface area contributed by atoms with Crippen molar-refractivity contribution in [3.8, 4) is 11.5 Å². The van der Waals surface area contributed by atoms with Gasteiger partial charge in [0.1, 0.15) is 11.5 Å². The van der Waals surface area contributed by atoms with Gasteiger partial charge in [-0.1, -0.05) is 24.3 Å². The number of alkyl halides is 4. The molecule has 0 aliphatic rings. The maximum absolute atomic E-state index is 12.9. The summed E-state index contributed by atoms with van der Waals surface area (Å²) in [5.41, 5.74) is 0.649. The molecule has 0 aliphatic carbocycles. The minimum absolute atomic E-state index is 0.103. The molecule has 0 aliphatic heterocycles. The Hall–Kier alpha value is -0.650. The molecule has 2 aromatic carbocycles. The summed E-state index contributed by atoms with van der Waals surface area (Å²) < 4.78 is 24.3. The van der Waals surface area contributed by atoms with Crippen LogP contribution in [0, 0.1) is 0 Å². The lowest BCUT2D eigenvalue weighted by atomic mass is 9.76. The fourth-order valence-electron chi connectivity index (χ4n) is 4.07. The number of phenolic OH excluding ortho intramolecular Hbond substituents is 2. The van der Waals surface area contributed by atoms with Crippen LogP contribution in [-0.4, -0.2) is 46.9 Å². The fourth-order valence-corrected chi connectivity index (χ4v) is 6.39. The third-order valence-corrected chi connectivity index (χ3v) is 7.70. The molecule has 0 amide bonds. The highest BCUT2D eigenvalue weighted by atomic mass is 35.5. The summed E-state index contributed by atoms with van der Waals surface area (Å²) in [7, 11) is -2.88. The van der Waals surface area contributed by atoms with Crippen molar-refractivity contribution in [2.24, 2.45) is 0 Å². The molecule has 0 unspecified atom stereocenters. The Bertz CT molecular complexity index is 796. The Morgan fingerprint density at radius 1 is 0.618 bits per heavy atom. The maximum atomic E-state index is 12.9. The van der Waals surface area contributed by atoms with Crippen molar-refractivity contribution in [2.75, 3.05) is 36.7 Å². The maximum Gasteiger partial charge on any atom is 0.319 e. The van der Waals surface area contributed by atoms with Crippen LogP contribution < -0.4 is 0 Å². The lowest BCUT2D eigenvalue weighted by Gasteiger charge is -2.34. The van der Waals surface area contributed by atoms with E-state index in [1.807, 2.05) is 0 Å². The SMILES string of the molecule is O=[PH](OCC(CCCl)(CCCl)c1ccc(O)cc1)OCC(CCCl)(CCCl)c1ccc(O)cc1. The highest BCUT2D eigenvalue weighted by molar-refractivity contribution is 7.33. The Morgan fingerprint density at radius 2 is 0.912 bits per heavy atom. The molecule has 2 N–H and O–H groups in total. The quantitative estimate of drug-likeness (QED) is 0.164. The summed E-state index contributed by atoms with van der Waals surface area (Å²) >= 11 is 24.4. The Balaban J connectivity index is 2.17. The van der Waals surface area contributed by atoms with Crippen molar-refractivity contribution in [3.05, 3.63) is 59.7 Å². The van der Waals surface area contributed by atoms with Gasteiger partial charge in [-0.05, 0) is 61.1 Å². The van der Waals surface area contributed by atoms with Gasteiger partial charge in [0, 0.05) is 34.3 Å². The van der Waals surface area contributed by atoms with Gasteiger partial charge in [0.25, 0.3) is 0 Å². The van der Waals surface area contributed by atoms with Crippen LogP contribution in [0.5, 0.6) is 11.5 Å². The number of hydrogen-bond acceptors (Lipinski definition) is 5. The second-order valence-corrected chi connectivity index (χ2v) is 10.8. The van der Waals surface area contributed by atoms with Crippen LogP contribution in [0.25, 0.3) is 0 Å². The van der Waals surface area contributed by atoms with Gasteiger partial charge in [-0.25, -0.2) is 0 Å². The zero-order valence-electron chi connectivity index (χ0n) is 18.8. The summed E-state index contributed by atoms with van der Waals surface area (Å²) in [5.74, 6) is 1.74. The van der Waals surface area contributed by atoms with Crippen LogP contribution >= 0.6 is 54.7 Å². The fraction of sp³-hybridized carbons (Fsp3) is 0.500. The van der Waals surface area contributed by atoms with Crippen LogP contribution in [0.3, 0.4) is 0 Å². The summed E-state index contributed by atoms with van der Waals surface area (Å²) in [6.07, 6.45) is 2.21. The molecule has 0 saturated heterocycles. The molecule has 0 saturated carbocycles. The molecule has 0 radical (unpaired) electrons. The smallest absolute Gasteiger partial charge is 0.319 e. The zero-order valence-corrected chi connectivity index (χ0v) is 22.8. The average Bonchev–Trinajstić information content (AvgIpc) is 2.82. The number of halogens is 4. The molecular weight excluding hydrogens is 541 g/mol. The van der Waals surface area contributed by atoms with E-state index in [1.54, 1.807) is 48.5 Å². The molecule has 34 heavy (non-hydrogen) atoms. The Labute approximate surface area is 222 Å². The lowest BCUT2D eigenvalue weighted by molar-refractivity contribution is 0.145. The molecular formula is C24H31Cl4O5P. The van der Waals surface area contributed by atoms with Crippen LogP contribution in [0.15, 0.2) is 48.5 Å². The monoisotopic (exact) mass is 570 g/mol. The third-order valence-electron chi connectivity index (χ3n) is 6.18. The number of benzene rings is 2. The molecule has 0 heterocycles. The topological polar surface area (TPSA) is 76.0 Å². The van der Waals surface area contributed by atoms with E-state index >= 15 is 0 Å². The first-order valence-corrected chi connectivity index (χ1v) is 14.3. The molecule has 5 nitrogen and oxygen atoms in total. The van der Waals surface area contributed by atoms with Gasteiger partial charge in [-0.3, -0.25) is 4.57 Å². The second kappa shape index (κ2) is 14.8. The first kappa shape index (κ1) is 29.6. The predicted octanol–water partition coefficient (Wildman–Crippen LogP) is 7.21. The summed E-state index contributed by atoms with van der Waals surface area (Å²) in [6.45, 7) is 0.207. The van der Waals surface area contributed by atoms with E-state index in [9.17, 15) is 14.8 Å². The van der Waals surface area contributed by atoms with Crippen molar-refractivity contribution in [2.45, 2.75) is 36.5 Å². The summed E-state index contributed by atoms with van der Waals surface area (Å²) in [4.78, 5) is 0. The molecule has 0 spiro atoms. The van der Waals surface area contributed by atoms with Crippen molar-refractivity contribution in [1.29, 1.82) is 0 Å². The van der Waals surface area contributed by atoms with E-state index in [0.717, 1.165) is 11.1 Å². The summed E-state index contributed by atoms with van der Waals surface area (Å²) in [5, 5.41) is 19.3. The van der Waals surface area contributed by atoms with Crippen LogP contribution in [-0.2, 0) is 24.4 Å². The molecule has 2 aromatic rings. The minimum Gasteiger partial charge on any atom is -0.508 e. The van der Waals surface area contributed by atoms with Gasteiger partial charge in [0.15, 0.2) is 0 Å². The molecule has 0 atom stereocenters. The van der Waals surface area contributed by atoms with Crippen LogP contribution in [0.1, 0.15) is 36.8 Å². The first-order chi connectivity index (χ1) is 16.3. The average molecular weight is 572 g/mol. The highest BCUT2D eigenvalue weighted by Crippen LogP contribution is 2.41. The molecule has 0 fully saturated rings. The highest BCUT2D eigenvalue weighted by Gasteiger charge is 2.35. The van der Waals surface area contributed by atoms with E-state index in [4.69, 9.17) is 55.5 Å². The number of hydrogen-bond donors (Lipinski definition) is 2. The predicted molar refractivity (Wildman–Crippen MR) is 142 cm³/mol. The minimum atomic E-state index is -2.88. The van der Waals surface area contributed by atoms with Crippen molar-refractivity contribution in [3.63, 3.8) is 0 Å². The molecule has 190 valence electrons. The summed E-state index contributed by atoms with van der Waals surface area (Å²) in [6, 6.07) is 13.6. The van der Waals surface area contributed by atoms with Gasteiger partial charge in [0.05, 0.1) is 13.2 Å². The van der Waals surface area contributed by atoms with Gasteiger partial charge >= 0.3 is 8.25 Å². The Morgan fingerprint density at radius 3 is 1.18 bits per heavy atom. The largest absolute Gasteiger partial charge is 0.508 e. The van der Waals surface area contributed by atoms with Crippen LogP contribution in [0.2, 0.25) is 0 Å².